The Morgan fingerprint density at radius 2 is 1.60 bits per heavy atom. The monoisotopic (exact) mass is 336 g/mol. The molecule has 0 radical (unpaired) electrons. The van der Waals surface area contributed by atoms with Gasteiger partial charge in [0.1, 0.15) is 0 Å². The molecule has 0 fully saturated rings. The average Bonchev–Trinajstić information content (AvgIpc) is 2.67. The molecule has 0 N–H and O–H groups in total. The first-order chi connectivity index (χ1) is 12.1. The van der Waals surface area contributed by atoms with E-state index in [2.05, 4.69) is 6.92 Å². The molecule has 3 nitrogen and oxygen atoms in total. The Morgan fingerprint density at radius 3 is 2.28 bits per heavy atom. The molecule has 1 atom stereocenters. The quantitative estimate of drug-likeness (QED) is 0.594. The number of aryl methyl sites for hydroxylation is 3. The number of benzene rings is 2. The second-order valence-electron chi connectivity index (χ2n) is 6.65. The first-order valence-electron chi connectivity index (χ1n) is 9.04. The van der Waals surface area contributed by atoms with Gasteiger partial charge < -0.3 is 4.74 Å². The summed E-state index contributed by atoms with van der Waals surface area (Å²) < 4.78 is 5.41. The Kier molecular flexibility index (Phi) is 5.32. The topological polar surface area (TPSA) is 43.4 Å². The summed E-state index contributed by atoms with van der Waals surface area (Å²) >= 11 is 0. The lowest BCUT2D eigenvalue weighted by Gasteiger charge is -2.17. The van der Waals surface area contributed by atoms with Gasteiger partial charge >= 0.3 is 5.97 Å². The van der Waals surface area contributed by atoms with E-state index in [0.29, 0.717) is 11.1 Å². The predicted molar refractivity (Wildman–Crippen MR) is 98.1 cm³/mol. The summed E-state index contributed by atoms with van der Waals surface area (Å²) in [6.07, 6.45) is 4.59. The highest BCUT2D eigenvalue weighted by Gasteiger charge is 2.21. The van der Waals surface area contributed by atoms with Crippen LogP contribution < -0.4 is 0 Å². The molecule has 0 saturated carbocycles. The Hall–Kier alpha value is -2.42. The third-order valence-corrected chi connectivity index (χ3v) is 4.88. The van der Waals surface area contributed by atoms with Crippen LogP contribution >= 0.6 is 0 Å². The number of carbonyl (C=O) groups excluding carboxylic acids is 2. The van der Waals surface area contributed by atoms with Crippen molar-refractivity contribution in [3.63, 3.8) is 0 Å². The molecular formula is C22H24O3. The number of hydrogen-bond donors (Lipinski definition) is 0. The van der Waals surface area contributed by atoms with Gasteiger partial charge in [-0.05, 0) is 67.9 Å². The Bertz CT molecular complexity index is 774. The van der Waals surface area contributed by atoms with Crippen molar-refractivity contribution in [3.8, 4) is 0 Å². The molecule has 0 aliphatic heterocycles. The van der Waals surface area contributed by atoms with Crippen molar-refractivity contribution < 1.29 is 14.3 Å². The maximum absolute atomic E-state index is 12.5. The Morgan fingerprint density at radius 1 is 0.960 bits per heavy atom. The van der Waals surface area contributed by atoms with Gasteiger partial charge in [0.15, 0.2) is 6.10 Å². The van der Waals surface area contributed by atoms with E-state index in [1.807, 2.05) is 24.3 Å². The number of hydrogen-bond acceptors (Lipinski definition) is 3. The van der Waals surface area contributed by atoms with Crippen LogP contribution in [-0.4, -0.2) is 17.9 Å². The van der Waals surface area contributed by atoms with Gasteiger partial charge in [0.25, 0.3) is 0 Å². The van der Waals surface area contributed by atoms with Crippen LogP contribution in [0.3, 0.4) is 0 Å². The maximum Gasteiger partial charge on any atom is 0.338 e. The molecule has 1 aliphatic carbocycles. The van der Waals surface area contributed by atoms with Crippen LogP contribution in [0, 0.1) is 0 Å². The summed E-state index contributed by atoms with van der Waals surface area (Å²) in [5, 5.41) is 0. The number of ether oxygens (including phenoxy) is 1. The van der Waals surface area contributed by atoms with Crippen molar-refractivity contribution in [2.75, 3.05) is 0 Å². The van der Waals surface area contributed by atoms with E-state index in [0.717, 1.165) is 25.7 Å². The molecular weight excluding hydrogens is 312 g/mol. The second kappa shape index (κ2) is 7.64. The SMILES string of the molecule is CCc1ccc(C(=O)C(C)OC(=O)c2ccc3c(c2)CCCC3)cc1. The molecule has 0 heterocycles. The lowest BCUT2D eigenvalue weighted by molar-refractivity contribution is 0.0318. The summed E-state index contributed by atoms with van der Waals surface area (Å²) in [6.45, 7) is 3.70. The van der Waals surface area contributed by atoms with E-state index in [-0.39, 0.29) is 5.78 Å². The van der Waals surface area contributed by atoms with Crippen molar-refractivity contribution in [2.24, 2.45) is 0 Å². The summed E-state index contributed by atoms with van der Waals surface area (Å²) in [5.74, 6) is -0.603. The number of esters is 1. The summed E-state index contributed by atoms with van der Waals surface area (Å²) in [6, 6.07) is 13.2. The molecule has 3 rings (SSSR count). The number of ketones is 1. The highest BCUT2D eigenvalue weighted by atomic mass is 16.5. The van der Waals surface area contributed by atoms with E-state index in [1.54, 1.807) is 25.1 Å². The van der Waals surface area contributed by atoms with E-state index in [9.17, 15) is 9.59 Å². The number of carbonyl (C=O) groups is 2. The largest absolute Gasteiger partial charge is 0.451 e. The molecule has 0 amide bonds. The summed E-state index contributed by atoms with van der Waals surface area (Å²) in [7, 11) is 0. The smallest absolute Gasteiger partial charge is 0.338 e. The van der Waals surface area contributed by atoms with E-state index in [1.165, 1.54) is 23.1 Å². The second-order valence-corrected chi connectivity index (χ2v) is 6.65. The number of fused-ring (bicyclic) bond motifs is 1. The van der Waals surface area contributed by atoms with Gasteiger partial charge in [0.05, 0.1) is 5.56 Å². The zero-order chi connectivity index (χ0) is 17.8. The minimum Gasteiger partial charge on any atom is -0.451 e. The van der Waals surface area contributed by atoms with Gasteiger partial charge in [-0.3, -0.25) is 4.79 Å². The number of rotatable bonds is 5. The van der Waals surface area contributed by atoms with Crippen molar-refractivity contribution >= 4 is 11.8 Å². The van der Waals surface area contributed by atoms with Crippen molar-refractivity contribution in [1.82, 2.24) is 0 Å². The van der Waals surface area contributed by atoms with Crippen molar-refractivity contribution in [1.29, 1.82) is 0 Å². The van der Waals surface area contributed by atoms with Crippen LogP contribution in [0.5, 0.6) is 0 Å². The highest BCUT2D eigenvalue weighted by molar-refractivity contribution is 6.01. The lowest BCUT2D eigenvalue weighted by Crippen LogP contribution is -2.24. The highest BCUT2D eigenvalue weighted by Crippen LogP contribution is 2.23. The van der Waals surface area contributed by atoms with Gasteiger partial charge in [-0.2, -0.15) is 0 Å². The zero-order valence-corrected chi connectivity index (χ0v) is 14.9. The van der Waals surface area contributed by atoms with E-state index < -0.39 is 12.1 Å². The fourth-order valence-electron chi connectivity index (χ4n) is 3.28. The minimum absolute atomic E-state index is 0.172. The van der Waals surface area contributed by atoms with Crippen LogP contribution in [-0.2, 0) is 24.0 Å². The molecule has 1 unspecified atom stereocenters. The van der Waals surface area contributed by atoms with E-state index >= 15 is 0 Å². The molecule has 130 valence electrons. The molecule has 2 aromatic rings. The molecule has 0 bridgehead atoms. The van der Waals surface area contributed by atoms with Gasteiger partial charge in [0, 0.05) is 5.56 Å². The summed E-state index contributed by atoms with van der Waals surface area (Å²) in [5.41, 5.74) is 4.83. The van der Waals surface area contributed by atoms with Gasteiger partial charge in [-0.15, -0.1) is 0 Å². The third-order valence-electron chi connectivity index (χ3n) is 4.88. The van der Waals surface area contributed by atoms with Crippen LogP contribution in [0.1, 0.15) is 64.1 Å². The van der Waals surface area contributed by atoms with Crippen LogP contribution in [0.25, 0.3) is 0 Å². The Labute approximate surface area is 149 Å². The molecule has 0 aromatic heterocycles. The number of Topliss-reactive ketones (excluding diaryl/α,β-unsaturated/α-hetero) is 1. The first-order valence-corrected chi connectivity index (χ1v) is 9.04. The molecule has 0 saturated heterocycles. The van der Waals surface area contributed by atoms with Crippen LogP contribution in [0.15, 0.2) is 42.5 Å². The van der Waals surface area contributed by atoms with E-state index in [4.69, 9.17) is 4.74 Å². The summed E-state index contributed by atoms with van der Waals surface area (Å²) in [4.78, 5) is 24.9. The minimum atomic E-state index is -0.795. The predicted octanol–water partition coefficient (Wildman–Crippen LogP) is 4.56. The van der Waals surface area contributed by atoms with Gasteiger partial charge in [0.2, 0.25) is 5.78 Å². The first kappa shape index (κ1) is 17.4. The standard InChI is InChI=1S/C22H24O3/c1-3-16-8-10-18(11-9-16)21(23)15(2)25-22(24)20-13-12-17-6-4-5-7-19(17)14-20/h8-15H,3-7H2,1-2H3. The molecule has 25 heavy (non-hydrogen) atoms. The third kappa shape index (κ3) is 3.98. The van der Waals surface area contributed by atoms with Crippen molar-refractivity contribution in [2.45, 2.75) is 52.1 Å². The molecule has 2 aromatic carbocycles. The van der Waals surface area contributed by atoms with Crippen LogP contribution in [0.2, 0.25) is 0 Å². The average molecular weight is 336 g/mol. The molecule has 0 spiro atoms. The van der Waals surface area contributed by atoms with Gasteiger partial charge in [-0.1, -0.05) is 37.3 Å². The fourth-order valence-corrected chi connectivity index (χ4v) is 3.28. The van der Waals surface area contributed by atoms with Crippen molar-refractivity contribution in [3.05, 3.63) is 70.3 Å². The maximum atomic E-state index is 12.5. The van der Waals surface area contributed by atoms with Crippen LogP contribution in [0.4, 0.5) is 0 Å². The normalized spacial score (nSPS) is 14.5. The fraction of sp³-hybridized carbons (Fsp3) is 0.364. The van der Waals surface area contributed by atoms with Gasteiger partial charge in [-0.25, -0.2) is 4.79 Å². The Balaban J connectivity index is 1.68. The zero-order valence-electron chi connectivity index (χ0n) is 14.9. The molecule has 3 heteroatoms. The lowest BCUT2D eigenvalue weighted by atomic mass is 9.90. The molecule has 1 aliphatic rings.